The van der Waals surface area contributed by atoms with E-state index in [2.05, 4.69) is 10.6 Å². The molecule has 0 aromatic heterocycles. The van der Waals surface area contributed by atoms with Gasteiger partial charge < -0.3 is 26.6 Å². The molecule has 0 aliphatic carbocycles. The van der Waals surface area contributed by atoms with Crippen molar-refractivity contribution in [1.29, 1.82) is 0 Å². The minimum absolute atomic E-state index is 0.0267. The number of hydrogen-bond donors (Lipinski definition) is 5. The highest BCUT2D eigenvalue weighted by atomic mass is 16.5. The molecule has 15 heavy (non-hydrogen) atoms. The maximum Gasteiger partial charge on any atom is 0.276 e. The summed E-state index contributed by atoms with van der Waals surface area (Å²) in [6, 6.07) is 0. The smallest absolute Gasteiger partial charge is 0.276 e. The van der Waals surface area contributed by atoms with Crippen molar-refractivity contribution in [3.05, 3.63) is 0 Å². The lowest BCUT2D eigenvalue weighted by atomic mass is 10.3. The monoisotopic (exact) mass is 219 g/mol. The highest BCUT2D eigenvalue weighted by Crippen LogP contribution is 1.87. The van der Waals surface area contributed by atoms with E-state index in [1.165, 1.54) is 0 Å². The quantitative estimate of drug-likeness (QED) is 0.252. The number of carbonyl (C=O) groups excluding carboxylic acids is 1. The van der Waals surface area contributed by atoms with Crippen LogP contribution < -0.4 is 16.4 Å². The molecule has 0 rings (SSSR count). The maximum absolute atomic E-state index is 10.7. The number of aliphatic hydroxyl groups excluding tert-OH is 1. The van der Waals surface area contributed by atoms with Gasteiger partial charge in [-0.3, -0.25) is 4.79 Å². The fraction of sp³-hybridized carbons (Fsp3) is 0.889. The first kappa shape index (κ1) is 14.3. The van der Waals surface area contributed by atoms with E-state index >= 15 is 0 Å². The van der Waals surface area contributed by atoms with E-state index in [0.29, 0.717) is 6.54 Å². The first-order valence-electron chi connectivity index (χ1n) is 5.20. The summed E-state index contributed by atoms with van der Waals surface area (Å²) >= 11 is 0. The Labute approximate surface area is 89.8 Å². The first-order chi connectivity index (χ1) is 7.07. The molecule has 0 aromatic rings. The van der Waals surface area contributed by atoms with Gasteiger partial charge in [-0.2, -0.15) is 0 Å². The average Bonchev–Trinajstić information content (AvgIpc) is 2.22. The lowest BCUT2D eigenvalue weighted by Crippen LogP contribution is -2.38. The molecule has 0 saturated carbocycles. The van der Waals surface area contributed by atoms with E-state index in [-0.39, 0.29) is 6.17 Å². The van der Waals surface area contributed by atoms with Crippen LogP contribution in [0.25, 0.3) is 0 Å². The standard InChI is InChI=1S/C9H21N3O3/c1-2-7(10)11-5-3-4-6-12-8(13)9(14)15/h7,9,11,14-15H,2-6,10H2,1H3,(H,12,13). The molecule has 0 bridgehead atoms. The van der Waals surface area contributed by atoms with Crippen LogP contribution in [-0.2, 0) is 4.79 Å². The SMILES string of the molecule is CCC(N)NCCCCNC(=O)C(O)O. The third-order valence-electron chi connectivity index (χ3n) is 1.98. The molecule has 1 unspecified atom stereocenters. The van der Waals surface area contributed by atoms with Gasteiger partial charge in [-0.25, -0.2) is 0 Å². The molecule has 6 heteroatoms. The summed E-state index contributed by atoms with van der Waals surface area (Å²) in [6.45, 7) is 3.24. The predicted octanol–water partition coefficient (Wildman–Crippen LogP) is -1.52. The van der Waals surface area contributed by atoms with E-state index in [1.54, 1.807) is 0 Å². The average molecular weight is 219 g/mol. The molecule has 6 nitrogen and oxygen atoms in total. The van der Waals surface area contributed by atoms with Crippen molar-refractivity contribution in [2.24, 2.45) is 5.73 Å². The second kappa shape index (κ2) is 8.60. The maximum atomic E-state index is 10.7. The number of carbonyl (C=O) groups is 1. The van der Waals surface area contributed by atoms with Gasteiger partial charge in [0.15, 0.2) is 0 Å². The highest BCUT2D eigenvalue weighted by Gasteiger charge is 2.08. The lowest BCUT2D eigenvalue weighted by Gasteiger charge is -2.11. The molecule has 0 fully saturated rings. The zero-order valence-corrected chi connectivity index (χ0v) is 9.07. The summed E-state index contributed by atoms with van der Waals surface area (Å²) in [6.07, 6.45) is 0.653. The number of rotatable bonds is 8. The van der Waals surface area contributed by atoms with E-state index in [4.69, 9.17) is 15.9 Å². The number of aliphatic hydroxyl groups is 2. The Hall–Kier alpha value is -0.690. The number of unbranched alkanes of at least 4 members (excludes halogenated alkanes) is 1. The van der Waals surface area contributed by atoms with Crippen LogP contribution in [0.3, 0.4) is 0 Å². The van der Waals surface area contributed by atoms with Crippen LogP contribution in [-0.4, -0.2) is 41.7 Å². The summed E-state index contributed by atoms with van der Waals surface area (Å²) in [5.74, 6) is -0.756. The number of hydrogen-bond acceptors (Lipinski definition) is 5. The summed E-state index contributed by atoms with van der Waals surface area (Å²) in [7, 11) is 0. The van der Waals surface area contributed by atoms with Crippen LogP contribution in [0.1, 0.15) is 26.2 Å². The van der Waals surface area contributed by atoms with E-state index < -0.39 is 12.2 Å². The molecule has 0 aliphatic rings. The van der Waals surface area contributed by atoms with Gasteiger partial charge in [0, 0.05) is 6.54 Å². The van der Waals surface area contributed by atoms with E-state index in [1.807, 2.05) is 6.92 Å². The van der Waals surface area contributed by atoms with Crippen molar-refractivity contribution in [3.8, 4) is 0 Å². The van der Waals surface area contributed by atoms with E-state index in [0.717, 1.165) is 25.8 Å². The Morgan fingerprint density at radius 2 is 1.93 bits per heavy atom. The second-order valence-corrected chi connectivity index (χ2v) is 3.34. The Kier molecular flexibility index (Phi) is 8.21. The number of nitrogens with one attached hydrogen (secondary N) is 2. The molecule has 0 radical (unpaired) electrons. The highest BCUT2D eigenvalue weighted by molar-refractivity contribution is 5.78. The van der Waals surface area contributed by atoms with Crippen molar-refractivity contribution in [2.75, 3.05) is 13.1 Å². The summed E-state index contributed by atoms with van der Waals surface area (Å²) in [4.78, 5) is 10.7. The van der Waals surface area contributed by atoms with Gasteiger partial charge in [0.1, 0.15) is 0 Å². The molecule has 1 atom stereocenters. The molecule has 0 saturated heterocycles. The Balaban J connectivity index is 3.22. The fourth-order valence-electron chi connectivity index (χ4n) is 0.985. The van der Waals surface area contributed by atoms with E-state index in [9.17, 15) is 4.79 Å². The minimum Gasteiger partial charge on any atom is -0.361 e. The number of amides is 1. The second-order valence-electron chi connectivity index (χ2n) is 3.34. The normalized spacial score (nSPS) is 12.9. The van der Waals surface area contributed by atoms with Gasteiger partial charge in [0.05, 0.1) is 6.17 Å². The Bertz CT molecular complexity index is 176. The zero-order valence-electron chi connectivity index (χ0n) is 9.07. The van der Waals surface area contributed by atoms with Gasteiger partial charge in [0.25, 0.3) is 5.91 Å². The van der Waals surface area contributed by atoms with Gasteiger partial charge in [-0.15, -0.1) is 0 Å². The number of nitrogens with two attached hydrogens (primary N) is 1. The van der Waals surface area contributed by atoms with Crippen molar-refractivity contribution in [1.82, 2.24) is 10.6 Å². The topological polar surface area (TPSA) is 108 Å². The van der Waals surface area contributed by atoms with Gasteiger partial charge in [-0.1, -0.05) is 6.92 Å². The van der Waals surface area contributed by atoms with Crippen molar-refractivity contribution in [2.45, 2.75) is 38.6 Å². The van der Waals surface area contributed by atoms with Crippen LogP contribution in [0, 0.1) is 0 Å². The van der Waals surface area contributed by atoms with Crippen LogP contribution in [0.5, 0.6) is 0 Å². The van der Waals surface area contributed by atoms with Gasteiger partial charge >= 0.3 is 0 Å². The lowest BCUT2D eigenvalue weighted by molar-refractivity contribution is -0.147. The van der Waals surface area contributed by atoms with Crippen molar-refractivity contribution in [3.63, 3.8) is 0 Å². The molecule has 0 aromatic carbocycles. The summed E-state index contributed by atoms with van der Waals surface area (Å²) in [5.41, 5.74) is 5.63. The van der Waals surface area contributed by atoms with Crippen LogP contribution in [0.15, 0.2) is 0 Å². The van der Waals surface area contributed by atoms with Gasteiger partial charge in [-0.05, 0) is 25.8 Å². The zero-order chi connectivity index (χ0) is 11.7. The third-order valence-corrected chi connectivity index (χ3v) is 1.98. The molecule has 0 spiro atoms. The fourth-order valence-corrected chi connectivity index (χ4v) is 0.985. The predicted molar refractivity (Wildman–Crippen MR) is 56.7 cm³/mol. The minimum atomic E-state index is -1.92. The van der Waals surface area contributed by atoms with Crippen LogP contribution in [0.4, 0.5) is 0 Å². The molecule has 90 valence electrons. The van der Waals surface area contributed by atoms with Gasteiger partial charge in [0.2, 0.25) is 6.29 Å². The summed E-state index contributed by atoms with van der Waals surface area (Å²) in [5, 5.41) is 22.4. The summed E-state index contributed by atoms with van der Waals surface area (Å²) < 4.78 is 0. The molecule has 1 amide bonds. The molecular formula is C9H21N3O3. The van der Waals surface area contributed by atoms with Crippen molar-refractivity contribution < 1.29 is 15.0 Å². The Morgan fingerprint density at radius 1 is 1.33 bits per heavy atom. The first-order valence-corrected chi connectivity index (χ1v) is 5.20. The largest absolute Gasteiger partial charge is 0.361 e. The van der Waals surface area contributed by atoms with Crippen LogP contribution in [0.2, 0.25) is 0 Å². The third kappa shape index (κ3) is 8.31. The molecular weight excluding hydrogens is 198 g/mol. The van der Waals surface area contributed by atoms with Crippen molar-refractivity contribution >= 4 is 5.91 Å². The van der Waals surface area contributed by atoms with Crippen LogP contribution >= 0.6 is 0 Å². The molecule has 0 heterocycles. The Morgan fingerprint density at radius 3 is 2.47 bits per heavy atom. The molecule has 6 N–H and O–H groups in total. The molecule has 0 aliphatic heterocycles.